The SMILES string of the molecule is CC(C)(C)c1ccc2c(c1)c1cc(C(C)(C)C)ccc1n2-c1ccc(-c2ccc[c]([Ge]([c]3ccccc3)([c]3ccccc3)[c]3ccccc3)c2)cc1-c1nc(-c2ccccc2)nc(-c2ccccc2)n1. The van der Waals surface area contributed by atoms with E-state index in [1.807, 2.05) is 36.4 Å². The molecule has 0 fully saturated rings. The molecule has 0 saturated carbocycles. The summed E-state index contributed by atoms with van der Waals surface area (Å²) in [6.07, 6.45) is 0. The number of fused-ring (bicyclic) bond motifs is 3. The van der Waals surface area contributed by atoms with Gasteiger partial charge < -0.3 is 0 Å². The van der Waals surface area contributed by atoms with Gasteiger partial charge in [0.25, 0.3) is 0 Å². The molecule has 5 heteroatoms. The Hall–Kier alpha value is -7.67. The third-order valence-electron chi connectivity index (χ3n) is 13.9. The van der Waals surface area contributed by atoms with Crippen LogP contribution in [0.3, 0.4) is 0 Å². The van der Waals surface area contributed by atoms with E-state index >= 15 is 0 Å². The topological polar surface area (TPSA) is 43.6 Å². The number of rotatable bonds is 9. The van der Waals surface area contributed by atoms with Crippen LogP contribution in [0.2, 0.25) is 0 Å². The summed E-state index contributed by atoms with van der Waals surface area (Å²) < 4.78 is 7.95. The van der Waals surface area contributed by atoms with Crippen LogP contribution in [0.25, 0.3) is 72.8 Å². The molecule has 4 nitrogen and oxygen atoms in total. The van der Waals surface area contributed by atoms with Gasteiger partial charge in [-0.05, 0) is 10.8 Å². The van der Waals surface area contributed by atoms with E-state index in [2.05, 4.69) is 240 Å². The summed E-state index contributed by atoms with van der Waals surface area (Å²) in [7, 11) is 0. The third kappa shape index (κ3) is 8.16. The normalized spacial score (nSPS) is 12.1. The van der Waals surface area contributed by atoms with Crippen molar-refractivity contribution in [2.75, 3.05) is 0 Å². The van der Waals surface area contributed by atoms with Gasteiger partial charge in [-0.25, -0.2) is 0 Å². The second-order valence-electron chi connectivity index (χ2n) is 20.5. The Labute approximate surface area is 414 Å². The molecule has 11 aromatic rings. The molecule has 0 bridgehead atoms. The summed E-state index contributed by atoms with van der Waals surface area (Å²) in [6.45, 7) is 13.8. The summed E-state index contributed by atoms with van der Waals surface area (Å²) in [6, 6.07) is 84.5. The van der Waals surface area contributed by atoms with Gasteiger partial charge in [0.15, 0.2) is 0 Å². The summed E-state index contributed by atoms with van der Waals surface area (Å²) in [5, 5.41) is 2.46. The molecular weight excluding hydrogens is 909 g/mol. The van der Waals surface area contributed by atoms with Crippen LogP contribution in [0.4, 0.5) is 0 Å². The number of hydrogen-bond acceptors (Lipinski definition) is 3. The molecule has 0 spiro atoms. The predicted octanol–water partition coefficient (Wildman–Crippen LogP) is 13.6. The van der Waals surface area contributed by atoms with E-state index in [1.54, 1.807) is 0 Å². The van der Waals surface area contributed by atoms with Crippen LogP contribution in [-0.4, -0.2) is 32.8 Å². The summed E-state index contributed by atoms with van der Waals surface area (Å²) in [5.74, 6) is 1.86. The van der Waals surface area contributed by atoms with Crippen molar-refractivity contribution in [1.29, 1.82) is 0 Å². The Morgan fingerprint density at radius 2 is 0.714 bits per heavy atom. The van der Waals surface area contributed by atoms with Gasteiger partial charge in [0.2, 0.25) is 0 Å². The van der Waals surface area contributed by atoms with Crippen LogP contribution in [0.5, 0.6) is 0 Å². The Morgan fingerprint density at radius 3 is 1.16 bits per heavy atom. The van der Waals surface area contributed by atoms with Gasteiger partial charge in [-0.1, -0.05) is 53.7 Å². The third-order valence-corrected chi connectivity index (χ3v) is 23.9. The van der Waals surface area contributed by atoms with E-state index in [4.69, 9.17) is 15.0 Å². The minimum atomic E-state index is -3.60. The van der Waals surface area contributed by atoms with Crippen molar-refractivity contribution in [1.82, 2.24) is 19.5 Å². The van der Waals surface area contributed by atoms with Gasteiger partial charge in [0.05, 0.1) is 0 Å². The van der Waals surface area contributed by atoms with Crippen LogP contribution in [0, 0.1) is 0 Å². The quantitative estimate of drug-likeness (QED) is 0.135. The molecule has 0 radical (unpaired) electrons. The minimum absolute atomic E-state index is 0.0267. The second kappa shape index (κ2) is 18.0. The Bertz CT molecular complexity index is 3420. The number of nitrogens with zero attached hydrogens (tertiary/aromatic N) is 4. The Kier molecular flexibility index (Phi) is 11.5. The average molecular weight is 966 g/mol. The van der Waals surface area contributed by atoms with Gasteiger partial charge in [-0.15, -0.1) is 0 Å². The zero-order chi connectivity index (χ0) is 48.0. The zero-order valence-corrected chi connectivity index (χ0v) is 42.8. The fourth-order valence-corrected chi connectivity index (χ4v) is 20.3. The van der Waals surface area contributed by atoms with Crippen molar-refractivity contribution in [3.05, 3.63) is 242 Å². The second-order valence-corrected chi connectivity index (χ2v) is 28.5. The van der Waals surface area contributed by atoms with E-state index in [-0.39, 0.29) is 10.8 Å². The van der Waals surface area contributed by atoms with E-state index in [0.717, 1.165) is 44.5 Å². The molecule has 11 rings (SSSR count). The molecule has 0 aliphatic carbocycles. The number of benzene rings is 9. The Balaban J connectivity index is 1.21. The first-order valence-corrected chi connectivity index (χ1v) is 28.5. The van der Waals surface area contributed by atoms with Gasteiger partial charge in [0, 0.05) is 0 Å². The van der Waals surface area contributed by atoms with E-state index < -0.39 is 13.3 Å². The summed E-state index contributed by atoms with van der Waals surface area (Å²) in [5.41, 5.74) is 10.8. The molecule has 0 N–H and O–H groups in total. The standard InChI is InChI=1S/C65H56GeN4/c1-64(2,3)49-36-39-58-55(43-49)56-44-50(65(4,5)6)37-40-59(56)70(58)60-38-35-48(42-57(60)63-68-61(45-23-12-7-13-24-45)67-62(69-63)46-25-14-8-15-26-46)47-27-22-34-54(41-47)66(51-28-16-9-17-29-51,52-30-18-10-19-31-52)53-32-20-11-21-33-53/h7-44H,1-6H3. The van der Waals surface area contributed by atoms with Crippen molar-refractivity contribution < 1.29 is 0 Å². The van der Waals surface area contributed by atoms with Crippen molar-refractivity contribution in [3.63, 3.8) is 0 Å². The van der Waals surface area contributed by atoms with Crippen molar-refractivity contribution in [2.24, 2.45) is 0 Å². The van der Waals surface area contributed by atoms with Crippen LogP contribution in [0.15, 0.2) is 231 Å². The van der Waals surface area contributed by atoms with Crippen molar-refractivity contribution in [2.45, 2.75) is 52.4 Å². The zero-order valence-electron chi connectivity index (χ0n) is 40.7. The van der Waals surface area contributed by atoms with Crippen LogP contribution in [0.1, 0.15) is 52.7 Å². The number of aromatic nitrogens is 4. The summed E-state index contributed by atoms with van der Waals surface area (Å²) >= 11 is -3.60. The summed E-state index contributed by atoms with van der Waals surface area (Å²) in [4.78, 5) is 16.0. The Morgan fingerprint density at radius 1 is 0.329 bits per heavy atom. The molecule has 0 saturated heterocycles. The molecule has 0 unspecified atom stereocenters. The molecule has 0 atom stereocenters. The van der Waals surface area contributed by atoms with Gasteiger partial charge in [0.1, 0.15) is 0 Å². The molecule has 2 heterocycles. The number of hydrogen-bond donors (Lipinski definition) is 0. The molecular formula is C65H56GeN4. The maximum atomic E-state index is 5.41. The predicted molar refractivity (Wildman–Crippen MR) is 297 cm³/mol. The average Bonchev–Trinajstić information content (AvgIpc) is 3.73. The first-order chi connectivity index (χ1) is 34.0. The molecule has 2 aromatic heterocycles. The van der Waals surface area contributed by atoms with E-state index in [0.29, 0.717) is 17.5 Å². The van der Waals surface area contributed by atoms with Gasteiger partial charge in [-0.2, -0.15) is 0 Å². The fourth-order valence-electron chi connectivity index (χ4n) is 10.2. The molecule has 340 valence electrons. The fraction of sp³-hybridized carbons (Fsp3) is 0.123. The first kappa shape index (κ1) is 44.8. The molecule has 9 aromatic carbocycles. The van der Waals surface area contributed by atoms with Gasteiger partial charge >= 0.3 is 353 Å². The van der Waals surface area contributed by atoms with Crippen LogP contribution < -0.4 is 17.6 Å². The van der Waals surface area contributed by atoms with Crippen LogP contribution in [-0.2, 0) is 10.8 Å². The van der Waals surface area contributed by atoms with E-state index in [9.17, 15) is 0 Å². The molecule has 0 aliphatic heterocycles. The van der Waals surface area contributed by atoms with Crippen molar-refractivity contribution in [3.8, 4) is 51.0 Å². The molecule has 70 heavy (non-hydrogen) atoms. The van der Waals surface area contributed by atoms with Crippen molar-refractivity contribution >= 4 is 52.7 Å². The molecule has 0 amide bonds. The van der Waals surface area contributed by atoms with Crippen LogP contribution >= 0.6 is 0 Å². The monoisotopic (exact) mass is 966 g/mol. The maximum absolute atomic E-state index is 5.41. The first-order valence-electron chi connectivity index (χ1n) is 24.4. The molecule has 0 aliphatic rings. The van der Waals surface area contributed by atoms with E-state index in [1.165, 1.54) is 39.5 Å². The van der Waals surface area contributed by atoms with Gasteiger partial charge in [-0.3, -0.25) is 0 Å².